The molecular formula is C13H14N2O2S. The molecule has 3 rings (SSSR count). The Morgan fingerprint density at radius 3 is 2.78 bits per heavy atom. The molecule has 2 heterocycles. The van der Waals surface area contributed by atoms with Crippen molar-refractivity contribution in [3.05, 3.63) is 30.1 Å². The van der Waals surface area contributed by atoms with E-state index >= 15 is 0 Å². The van der Waals surface area contributed by atoms with Crippen molar-refractivity contribution in [2.75, 3.05) is 19.5 Å². The molecule has 0 spiro atoms. The number of ether oxygens (including phenoxy) is 1. The van der Waals surface area contributed by atoms with Crippen molar-refractivity contribution in [2.24, 2.45) is 0 Å². The number of nitrogens with zero attached hydrogens (tertiary/aromatic N) is 2. The van der Waals surface area contributed by atoms with Crippen LogP contribution in [0.4, 0.5) is 0 Å². The number of benzene rings is 1. The SMILES string of the molecule is CSc1ccc(-c2nc(C3CCOC3)no2)cc1. The van der Waals surface area contributed by atoms with E-state index in [2.05, 4.69) is 28.5 Å². The van der Waals surface area contributed by atoms with E-state index in [0.717, 1.165) is 24.4 Å². The smallest absolute Gasteiger partial charge is 0.257 e. The van der Waals surface area contributed by atoms with Gasteiger partial charge < -0.3 is 9.26 Å². The average Bonchev–Trinajstić information content (AvgIpc) is 3.09. The van der Waals surface area contributed by atoms with Crippen molar-refractivity contribution in [3.63, 3.8) is 0 Å². The van der Waals surface area contributed by atoms with Crippen LogP contribution in [0.5, 0.6) is 0 Å². The lowest BCUT2D eigenvalue weighted by Gasteiger charge is -1.98. The van der Waals surface area contributed by atoms with Crippen molar-refractivity contribution in [1.82, 2.24) is 10.1 Å². The summed E-state index contributed by atoms with van der Waals surface area (Å²) in [7, 11) is 0. The second kappa shape index (κ2) is 5.12. The first-order valence-corrected chi connectivity index (χ1v) is 7.15. The predicted octanol–water partition coefficient (Wildman–Crippen LogP) is 2.96. The minimum absolute atomic E-state index is 0.285. The van der Waals surface area contributed by atoms with Gasteiger partial charge in [-0.3, -0.25) is 0 Å². The Morgan fingerprint density at radius 2 is 2.11 bits per heavy atom. The van der Waals surface area contributed by atoms with Crippen LogP contribution in [0.25, 0.3) is 11.5 Å². The zero-order valence-corrected chi connectivity index (χ0v) is 10.9. The molecule has 94 valence electrons. The summed E-state index contributed by atoms with van der Waals surface area (Å²) in [5.41, 5.74) is 0.963. The maximum Gasteiger partial charge on any atom is 0.257 e. The third kappa shape index (κ3) is 2.28. The largest absolute Gasteiger partial charge is 0.381 e. The molecule has 1 aromatic heterocycles. The van der Waals surface area contributed by atoms with Gasteiger partial charge in [-0.25, -0.2) is 0 Å². The molecule has 0 radical (unpaired) electrons. The highest BCUT2D eigenvalue weighted by atomic mass is 32.2. The van der Waals surface area contributed by atoms with Crippen LogP contribution in [0.15, 0.2) is 33.7 Å². The van der Waals surface area contributed by atoms with Gasteiger partial charge in [0.05, 0.1) is 6.61 Å². The summed E-state index contributed by atoms with van der Waals surface area (Å²) in [4.78, 5) is 5.68. The summed E-state index contributed by atoms with van der Waals surface area (Å²) in [5, 5.41) is 4.05. The lowest BCUT2D eigenvalue weighted by Crippen LogP contribution is -1.99. The van der Waals surface area contributed by atoms with E-state index < -0.39 is 0 Å². The fraction of sp³-hybridized carbons (Fsp3) is 0.385. The fourth-order valence-electron chi connectivity index (χ4n) is 1.99. The number of hydrogen-bond donors (Lipinski definition) is 0. The molecule has 1 unspecified atom stereocenters. The van der Waals surface area contributed by atoms with Crippen LogP contribution in [0, 0.1) is 0 Å². The second-order valence-electron chi connectivity index (χ2n) is 4.25. The fourth-order valence-corrected chi connectivity index (χ4v) is 2.40. The monoisotopic (exact) mass is 262 g/mol. The molecule has 1 aliphatic rings. The van der Waals surface area contributed by atoms with Gasteiger partial charge in [0.25, 0.3) is 5.89 Å². The highest BCUT2D eigenvalue weighted by Gasteiger charge is 2.23. The molecule has 0 saturated carbocycles. The lowest BCUT2D eigenvalue weighted by atomic mass is 10.1. The molecule has 1 saturated heterocycles. The molecule has 4 nitrogen and oxygen atoms in total. The number of thioether (sulfide) groups is 1. The van der Waals surface area contributed by atoms with Crippen molar-refractivity contribution in [1.29, 1.82) is 0 Å². The molecule has 5 heteroatoms. The summed E-state index contributed by atoms with van der Waals surface area (Å²) >= 11 is 1.72. The molecule has 0 bridgehead atoms. The normalized spacial score (nSPS) is 19.3. The summed E-state index contributed by atoms with van der Waals surface area (Å²) in [6, 6.07) is 8.13. The van der Waals surface area contributed by atoms with Crippen LogP contribution in [-0.4, -0.2) is 29.6 Å². The second-order valence-corrected chi connectivity index (χ2v) is 5.13. The van der Waals surface area contributed by atoms with Gasteiger partial charge in [0.1, 0.15) is 0 Å². The van der Waals surface area contributed by atoms with Crippen molar-refractivity contribution in [3.8, 4) is 11.5 Å². The highest BCUT2D eigenvalue weighted by Crippen LogP contribution is 2.26. The Balaban J connectivity index is 1.82. The quantitative estimate of drug-likeness (QED) is 0.796. The van der Waals surface area contributed by atoms with Gasteiger partial charge in [-0.05, 0) is 36.9 Å². The van der Waals surface area contributed by atoms with Crippen LogP contribution in [0.1, 0.15) is 18.2 Å². The van der Waals surface area contributed by atoms with E-state index in [4.69, 9.17) is 9.26 Å². The molecule has 0 aliphatic carbocycles. The van der Waals surface area contributed by atoms with Crippen LogP contribution in [0.3, 0.4) is 0 Å². The average molecular weight is 262 g/mol. The van der Waals surface area contributed by atoms with Crippen LogP contribution in [0.2, 0.25) is 0 Å². The lowest BCUT2D eigenvalue weighted by molar-refractivity contribution is 0.192. The summed E-state index contributed by atoms with van der Waals surface area (Å²) in [6.45, 7) is 1.49. The number of aromatic nitrogens is 2. The Bertz CT molecular complexity index is 518. The molecule has 0 N–H and O–H groups in total. The van der Waals surface area contributed by atoms with Gasteiger partial charge in [-0.1, -0.05) is 5.16 Å². The van der Waals surface area contributed by atoms with Gasteiger partial charge in [0, 0.05) is 23.0 Å². The van der Waals surface area contributed by atoms with Crippen molar-refractivity contribution < 1.29 is 9.26 Å². The van der Waals surface area contributed by atoms with E-state index in [0.29, 0.717) is 12.5 Å². The Morgan fingerprint density at radius 1 is 1.28 bits per heavy atom. The minimum Gasteiger partial charge on any atom is -0.381 e. The van der Waals surface area contributed by atoms with E-state index in [1.807, 2.05) is 12.1 Å². The molecule has 2 aromatic rings. The van der Waals surface area contributed by atoms with E-state index in [-0.39, 0.29) is 5.92 Å². The molecule has 1 aliphatic heterocycles. The zero-order valence-electron chi connectivity index (χ0n) is 10.1. The first-order chi connectivity index (χ1) is 8.86. The summed E-state index contributed by atoms with van der Waals surface area (Å²) in [5.74, 6) is 1.63. The topological polar surface area (TPSA) is 48.2 Å². The van der Waals surface area contributed by atoms with Gasteiger partial charge in [0.15, 0.2) is 5.82 Å². The maximum absolute atomic E-state index is 5.33. The molecule has 1 atom stereocenters. The van der Waals surface area contributed by atoms with Gasteiger partial charge in [0.2, 0.25) is 0 Å². The first-order valence-electron chi connectivity index (χ1n) is 5.92. The van der Waals surface area contributed by atoms with Crippen LogP contribution >= 0.6 is 11.8 Å². The molecule has 18 heavy (non-hydrogen) atoms. The molecule has 1 aromatic carbocycles. The third-order valence-corrected chi connectivity index (χ3v) is 3.82. The van der Waals surface area contributed by atoms with Crippen molar-refractivity contribution in [2.45, 2.75) is 17.2 Å². The van der Waals surface area contributed by atoms with Crippen LogP contribution < -0.4 is 0 Å². The van der Waals surface area contributed by atoms with Gasteiger partial charge in [-0.2, -0.15) is 4.98 Å². The first kappa shape index (κ1) is 11.7. The van der Waals surface area contributed by atoms with E-state index in [9.17, 15) is 0 Å². The Kier molecular flexibility index (Phi) is 3.34. The van der Waals surface area contributed by atoms with Gasteiger partial charge >= 0.3 is 0 Å². The Labute approximate surface area is 110 Å². The standard InChI is InChI=1S/C13H14N2O2S/c1-18-11-4-2-9(3-5-11)13-14-12(15-17-13)10-6-7-16-8-10/h2-5,10H,6-8H2,1H3. The van der Waals surface area contributed by atoms with Gasteiger partial charge in [-0.15, -0.1) is 11.8 Å². The predicted molar refractivity (Wildman–Crippen MR) is 69.7 cm³/mol. The number of hydrogen-bond acceptors (Lipinski definition) is 5. The van der Waals surface area contributed by atoms with E-state index in [1.54, 1.807) is 11.8 Å². The summed E-state index contributed by atoms with van der Waals surface area (Å²) < 4.78 is 10.6. The minimum atomic E-state index is 0.285. The number of rotatable bonds is 3. The van der Waals surface area contributed by atoms with E-state index in [1.165, 1.54) is 4.90 Å². The summed E-state index contributed by atoms with van der Waals surface area (Å²) in [6.07, 6.45) is 3.03. The Hall–Kier alpha value is -1.33. The molecular weight excluding hydrogens is 248 g/mol. The van der Waals surface area contributed by atoms with Crippen molar-refractivity contribution >= 4 is 11.8 Å². The molecule has 0 amide bonds. The molecule has 1 fully saturated rings. The zero-order chi connectivity index (χ0) is 12.4. The third-order valence-electron chi connectivity index (χ3n) is 3.07. The van der Waals surface area contributed by atoms with Crippen LogP contribution in [-0.2, 0) is 4.74 Å². The highest BCUT2D eigenvalue weighted by molar-refractivity contribution is 7.98. The maximum atomic E-state index is 5.33.